The molecule has 0 radical (unpaired) electrons. The smallest absolute Gasteiger partial charge is 0.226 e. The summed E-state index contributed by atoms with van der Waals surface area (Å²) in [6.45, 7) is 1.26. The molecule has 2 fully saturated rings. The Morgan fingerprint density at radius 3 is 2.31 bits per heavy atom. The van der Waals surface area contributed by atoms with Crippen LogP contribution in [-0.2, 0) is 16.0 Å². The van der Waals surface area contributed by atoms with E-state index < -0.39 is 5.41 Å². The van der Waals surface area contributed by atoms with Crippen LogP contribution in [0.15, 0.2) is 48.5 Å². The predicted molar refractivity (Wildman–Crippen MR) is 124 cm³/mol. The van der Waals surface area contributed by atoms with Gasteiger partial charge >= 0.3 is 0 Å². The van der Waals surface area contributed by atoms with Crippen LogP contribution in [0.4, 0.5) is 4.39 Å². The Kier molecular flexibility index (Phi) is 6.92. The van der Waals surface area contributed by atoms with Crippen LogP contribution < -0.4 is 5.32 Å². The van der Waals surface area contributed by atoms with Crippen LogP contribution in [0.2, 0.25) is 0 Å². The fourth-order valence-corrected chi connectivity index (χ4v) is 5.41. The topological polar surface area (TPSA) is 49.4 Å². The van der Waals surface area contributed by atoms with Crippen LogP contribution in [-0.4, -0.2) is 36.9 Å². The van der Waals surface area contributed by atoms with Crippen LogP contribution in [0.3, 0.4) is 0 Å². The van der Waals surface area contributed by atoms with Gasteiger partial charge in [0, 0.05) is 32.1 Å². The van der Waals surface area contributed by atoms with Gasteiger partial charge in [0.2, 0.25) is 11.8 Å². The fraction of sp³-hybridized carbons (Fsp3) is 0.481. The highest BCUT2D eigenvalue weighted by atomic mass is 19.1. The molecule has 1 aliphatic carbocycles. The molecule has 0 bridgehead atoms. The molecular weight excluding hydrogens is 403 g/mol. The monoisotopic (exact) mass is 436 g/mol. The summed E-state index contributed by atoms with van der Waals surface area (Å²) in [5.74, 6) is 0.591. The first kappa shape index (κ1) is 22.5. The molecule has 1 saturated heterocycles. The summed E-state index contributed by atoms with van der Waals surface area (Å²) < 4.78 is 14.1. The Hall–Kier alpha value is -2.69. The van der Waals surface area contributed by atoms with Gasteiger partial charge in [-0.3, -0.25) is 9.59 Å². The lowest BCUT2D eigenvalue weighted by Gasteiger charge is -2.41. The molecule has 2 amide bonds. The second-order valence-corrected chi connectivity index (χ2v) is 9.45. The van der Waals surface area contributed by atoms with E-state index in [0.29, 0.717) is 50.3 Å². The Labute approximate surface area is 190 Å². The van der Waals surface area contributed by atoms with Crippen LogP contribution in [0.5, 0.6) is 0 Å². The van der Waals surface area contributed by atoms with E-state index in [1.165, 1.54) is 31.7 Å². The summed E-state index contributed by atoms with van der Waals surface area (Å²) in [7, 11) is 1.68. The minimum atomic E-state index is -0.515. The van der Waals surface area contributed by atoms with Crippen molar-refractivity contribution >= 4 is 11.8 Å². The summed E-state index contributed by atoms with van der Waals surface area (Å²) >= 11 is 0. The quantitative estimate of drug-likeness (QED) is 0.695. The Balaban J connectivity index is 1.43. The molecule has 0 spiro atoms. The van der Waals surface area contributed by atoms with Gasteiger partial charge in [-0.05, 0) is 55.2 Å². The number of piperidine rings is 1. The molecule has 1 aliphatic heterocycles. The van der Waals surface area contributed by atoms with Gasteiger partial charge in [0.25, 0.3) is 0 Å². The number of benzene rings is 2. The average Bonchev–Trinajstić information content (AvgIpc) is 3.33. The number of halogens is 1. The fourth-order valence-electron chi connectivity index (χ4n) is 5.41. The summed E-state index contributed by atoms with van der Waals surface area (Å²) in [6, 6.07) is 14.6. The lowest BCUT2D eigenvalue weighted by molar-refractivity contribution is -0.140. The minimum Gasteiger partial charge on any atom is -0.359 e. The van der Waals surface area contributed by atoms with Crippen molar-refractivity contribution in [2.75, 3.05) is 20.1 Å². The average molecular weight is 437 g/mol. The van der Waals surface area contributed by atoms with Gasteiger partial charge in [-0.2, -0.15) is 0 Å². The van der Waals surface area contributed by atoms with Crippen LogP contribution in [0.25, 0.3) is 11.1 Å². The molecule has 1 saturated carbocycles. The van der Waals surface area contributed by atoms with Crippen LogP contribution in [0.1, 0.15) is 50.5 Å². The SMILES string of the molecule is CNC(=O)C1(Cc2ccc(-c3ccccc3F)cc2)CCN(C(=O)CC2CCCC2)CC1. The number of nitrogens with one attached hydrogen (secondary N) is 1. The maximum Gasteiger partial charge on any atom is 0.226 e. The first-order chi connectivity index (χ1) is 15.5. The van der Waals surface area contributed by atoms with Gasteiger partial charge in [0.05, 0.1) is 5.41 Å². The Morgan fingerprint density at radius 1 is 1.03 bits per heavy atom. The molecule has 2 aliphatic rings. The van der Waals surface area contributed by atoms with E-state index in [0.717, 1.165) is 11.1 Å². The van der Waals surface area contributed by atoms with Gasteiger partial charge in [0.1, 0.15) is 5.82 Å². The second-order valence-electron chi connectivity index (χ2n) is 9.45. The molecule has 170 valence electrons. The molecule has 32 heavy (non-hydrogen) atoms. The minimum absolute atomic E-state index is 0.0403. The molecule has 0 atom stereocenters. The molecule has 0 unspecified atom stereocenters. The molecular formula is C27H33FN2O2. The van der Waals surface area contributed by atoms with Crippen molar-refractivity contribution < 1.29 is 14.0 Å². The number of likely N-dealkylation sites (tertiary alicyclic amines) is 1. The first-order valence-electron chi connectivity index (χ1n) is 11.8. The molecule has 1 N–H and O–H groups in total. The largest absolute Gasteiger partial charge is 0.359 e. The van der Waals surface area contributed by atoms with Crippen molar-refractivity contribution in [1.82, 2.24) is 10.2 Å². The molecule has 4 rings (SSSR count). The summed E-state index contributed by atoms with van der Waals surface area (Å²) in [5.41, 5.74) is 1.94. The summed E-state index contributed by atoms with van der Waals surface area (Å²) in [6.07, 6.45) is 7.44. The number of hydrogen-bond acceptors (Lipinski definition) is 2. The molecule has 5 heteroatoms. The van der Waals surface area contributed by atoms with Gasteiger partial charge in [0.15, 0.2) is 0 Å². The van der Waals surface area contributed by atoms with Gasteiger partial charge in [-0.25, -0.2) is 4.39 Å². The molecule has 2 aromatic rings. The van der Waals surface area contributed by atoms with Gasteiger partial charge < -0.3 is 10.2 Å². The van der Waals surface area contributed by atoms with Crippen LogP contribution in [0, 0.1) is 17.2 Å². The van der Waals surface area contributed by atoms with E-state index in [4.69, 9.17) is 0 Å². The number of carbonyl (C=O) groups excluding carboxylic acids is 2. The Morgan fingerprint density at radius 2 is 1.69 bits per heavy atom. The van der Waals surface area contributed by atoms with E-state index >= 15 is 0 Å². The number of rotatable bonds is 6. The lowest BCUT2D eigenvalue weighted by Crippen LogP contribution is -2.50. The third kappa shape index (κ3) is 4.87. The lowest BCUT2D eigenvalue weighted by atomic mass is 9.72. The highest BCUT2D eigenvalue weighted by Crippen LogP contribution is 2.37. The zero-order valence-electron chi connectivity index (χ0n) is 18.9. The van der Waals surface area contributed by atoms with E-state index in [1.54, 1.807) is 19.2 Å². The van der Waals surface area contributed by atoms with Crippen molar-refractivity contribution in [2.24, 2.45) is 11.3 Å². The molecule has 0 aromatic heterocycles. The molecule has 1 heterocycles. The van der Waals surface area contributed by atoms with Gasteiger partial charge in [-0.1, -0.05) is 55.3 Å². The zero-order chi connectivity index (χ0) is 22.6. The number of amides is 2. The highest BCUT2D eigenvalue weighted by Gasteiger charge is 2.42. The standard InChI is InChI=1S/C27H33FN2O2/c1-29-26(32)27(14-16-30(17-15-27)25(31)18-20-6-2-3-7-20)19-21-10-12-22(13-11-21)23-8-4-5-9-24(23)28/h4-5,8-13,20H,2-3,6-7,14-19H2,1H3,(H,29,32). The van der Waals surface area contributed by atoms with Gasteiger partial charge in [-0.15, -0.1) is 0 Å². The number of carbonyl (C=O) groups is 2. The number of nitrogens with zero attached hydrogens (tertiary/aromatic N) is 1. The Bertz CT molecular complexity index is 942. The van der Waals surface area contributed by atoms with Crippen molar-refractivity contribution in [2.45, 2.75) is 51.4 Å². The maximum atomic E-state index is 14.1. The summed E-state index contributed by atoms with van der Waals surface area (Å²) in [5, 5.41) is 2.85. The van der Waals surface area contributed by atoms with Crippen molar-refractivity contribution in [3.8, 4) is 11.1 Å². The van der Waals surface area contributed by atoms with E-state index in [1.807, 2.05) is 35.2 Å². The normalized spacial score (nSPS) is 18.5. The van der Waals surface area contributed by atoms with E-state index in [2.05, 4.69) is 5.32 Å². The highest BCUT2D eigenvalue weighted by molar-refractivity contribution is 5.83. The second kappa shape index (κ2) is 9.85. The first-order valence-corrected chi connectivity index (χ1v) is 11.8. The third-order valence-electron chi connectivity index (χ3n) is 7.40. The molecule has 4 nitrogen and oxygen atoms in total. The predicted octanol–water partition coefficient (Wildman–Crippen LogP) is 4.97. The van der Waals surface area contributed by atoms with Crippen molar-refractivity contribution in [3.05, 3.63) is 59.9 Å². The van der Waals surface area contributed by atoms with Crippen molar-refractivity contribution in [3.63, 3.8) is 0 Å². The number of hydrogen-bond donors (Lipinski definition) is 1. The molecule has 2 aromatic carbocycles. The summed E-state index contributed by atoms with van der Waals surface area (Å²) in [4.78, 5) is 27.6. The maximum absolute atomic E-state index is 14.1. The van der Waals surface area contributed by atoms with Crippen molar-refractivity contribution in [1.29, 1.82) is 0 Å². The third-order valence-corrected chi connectivity index (χ3v) is 7.40. The van der Waals surface area contributed by atoms with Crippen LogP contribution >= 0.6 is 0 Å². The van der Waals surface area contributed by atoms with E-state index in [-0.39, 0.29) is 17.6 Å². The zero-order valence-corrected chi connectivity index (χ0v) is 18.9. The van der Waals surface area contributed by atoms with E-state index in [9.17, 15) is 14.0 Å².